The molecule has 0 spiro atoms. The highest BCUT2D eigenvalue weighted by Crippen LogP contribution is 2.21. The Morgan fingerprint density at radius 1 is 1.36 bits per heavy atom. The van der Waals surface area contributed by atoms with Gasteiger partial charge in [-0.3, -0.25) is 4.79 Å². The van der Waals surface area contributed by atoms with Crippen molar-refractivity contribution in [3.63, 3.8) is 0 Å². The number of aryl methyl sites for hydroxylation is 1. The van der Waals surface area contributed by atoms with Gasteiger partial charge in [-0.05, 0) is 31.4 Å². The molecule has 1 aromatic carbocycles. The number of carbonyl (C=O) groups is 1. The molecule has 25 heavy (non-hydrogen) atoms. The summed E-state index contributed by atoms with van der Waals surface area (Å²) in [6.07, 6.45) is 7.79. The Labute approximate surface area is 147 Å². The highest BCUT2D eigenvalue weighted by Gasteiger charge is 2.23. The molecule has 1 aromatic heterocycles. The summed E-state index contributed by atoms with van der Waals surface area (Å²) in [5.41, 5.74) is 0.580. The van der Waals surface area contributed by atoms with Crippen LogP contribution in [0.4, 0.5) is 0 Å². The SMILES string of the molecule is O=C(N[C@@H]1CCc2nccn2C1)c1ccccc1OC[C@@H]1CCCO1. The predicted octanol–water partition coefficient (Wildman–Crippen LogP) is 2.19. The lowest BCUT2D eigenvalue weighted by Crippen LogP contribution is -2.41. The van der Waals surface area contributed by atoms with Gasteiger partial charge in [-0.2, -0.15) is 0 Å². The van der Waals surface area contributed by atoms with Crippen molar-refractivity contribution in [2.24, 2.45) is 0 Å². The molecule has 0 unspecified atom stereocenters. The van der Waals surface area contributed by atoms with Crippen molar-refractivity contribution in [1.82, 2.24) is 14.9 Å². The molecule has 0 saturated carbocycles. The zero-order valence-electron chi connectivity index (χ0n) is 14.2. The zero-order chi connectivity index (χ0) is 17.1. The van der Waals surface area contributed by atoms with Gasteiger partial charge in [0.1, 0.15) is 18.2 Å². The van der Waals surface area contributed by atoms with Crippen molar-refractivity contribution in [2.45, 2.75) is 44.4 Å². The Morgan fingerprint density at radius 2 is 2.28 bits per heavy atom. The molecule has 1 fully saturated rings. The van der Waals surface area contributed by atoms with Crippen LogP contribution >= 0.6 is 0 Å². The lowest BCUT2D eigenvalue weighted by atomic mass is 10.1. The van der Waals surface area contributed by atoms with Crippen LogP contribution in [0.25, 0.3) is 0 Å². The molecule has 2 aromatic rings. The lowest BCUT2D eigenvalue weighted by molar-refractivity contribution is 0.0669. The van der Waals surface area contributed by atoms with Gasteiger partial charge in [0.15, 0.2) is 0 Å². The molecular formula is C19H23N3O3. The van der Waals surface area contributed by atoms with E-state index in [1.807, 2.05) is 36.7 Å². The number of para-hydroxylation sites is 1. The molecule has 2 aliphatic rings. The number of nitrogens with one attached hydrogen (secondary N) is 1. The first-order valence-electron chi connectivity index (χ1n) is 8.94. The molecule has 1 N–H and O–H groups in total. The number of amides is 1. The standard InChI is InChI=1S/C19H23N3O3/c23-19(21-14-7-8-18-20-9-10-22(18)12-14)16-5-1-2-6-17(16)25-13-15-4-3-11-24-15/h1-2,5-6,9-10,14-15H,3-4,7-8,11-13H2,(H,21,23)/t14-,15+/m1/s1. The van der Waals surface area contributed by atoms with E-state index in [2.05, 4.69) is 14.9 Å². The summed E-state index contributed by atoms with van der Waals surface area (Å²) in [5, 5.41) is 3.14. The maximum absolute atomic E-state index is 12.7. The second kappa shape index (κ2) is 7.27. The molecular weight excluding hydrogens is 318 g/mol. The molecule has 1 amide bonds. The molecule has 0 radical (unpaired) electrons. The van der Waals surface area contributed by atoms with Gasteiger partial charge in [0.05, 0.1) is 11.7 Å². The van der Waals surface area contributed by atoms with Crippen LogP contribution in [-0.4, -0.2) is 40.8 Å². The summed E-state index contributed by atoms with van der Waals surface area (Å²) in [6.45, 7) is 2.06. The highest BCUT2D eigenvalue weighted by atomic mass is 16.5. The van der Waals surface area contributed by atoms with Crippen molar-refractivity contribution < 1.29 is 14.3 Å². The minimum Gasteiger partial charge on any atom is -0.490 e. The molecule has 132 valence electrons. The fourth-order valence-electron chi connectivity index (χ4n) is 3.49. The van der Waals surface area contributed by atoms with Gasteiger partial charge in [0.25, 0.3) is 5.91 Å². The molecule has 6 heteroatoms. The van der Waals surface area contributed by atoms with E-state index in [4.69, 9.17) is 9.47 Å². The zero-order valence-corrected chi connectivity index (χ0v) is 14.2. The monoisotopic (exact) mass is 341 g/mol. The normalized spacial score (nSPS) is 22.4. The van der Waals surface area contributed by atoms with E-state index in [9.17, 15) is 4.79 Å². The maximum Gasteiger partial charge on any atom is 0.255 e. The van der Waals surface area contributed by atoms with E-state index in [-0.39, 0.29) is 18.1 Å². The Kier molecular flexibility index (Phi) is 4.70. The molecule has 0 bridgehead atoms. The van der Waals surface area contributed by atoms with Gasteiger partial charge in [-0.15, -0.1) is 0 Å². The molecule has 2 aliphatic heterocycles. The van der Waals surface area contributed by atoms with Gasteiger partial charge < -0.3 is 19.4 Å². The van der Waals surface area contributed by atoms with Crippen LogP contribution in [0.5, 0.6) is 5.75 Å². The average molecular weight is 341 g/mol. The first kappa shape index (κ1) is 16.1. The van der Waals surface area contributed by atoms with E-state index in [1.165, 1.54) is 0 Å². The van der Waals surface area contributed by atoms with Crippen LogP contribution in [-0.2, 0) is 17.7 Å². The van der Waals surface area contributed by atoms with Gasteiger partial charge in [-0.1, -0.05) is 12.1 Å². The molecule has 4 rings (SSSR count). The second-order valence-corrected chi connectivity index (χ2v) is 6.65. The van der Waals surface area contributed by atoms with Crippen LogP contribution in [0.15, 0.2) is 36.7 Å². The van der Waals surface area contributed by atoms with Crippen LogP contribution < -0.4 is 10.1 Å². The van der Waals surface area contributed by atoms with Crippen LogP contribution in [0.3, 0.4) is 0 Å². The first-order chi connectivity index (χ1) is 12.3. The third-order valence-corrected chi connectivity index (χ3v) is 4.85. The number of carbonyl (C=O) groups excluding carboxylic acids is 1. The summed E-state index contributed by atoms with van der Waals surface area (Å²) in [4.78, 5) is 17.1. The Hall–Kier alpha value is -2.34. The van der Waals surface area contributed by atoms with Crippen LogP contribution in [0.2, 0.25) is 0 Å². The van der Waals surface area contributed by atoms with Gasteiger partial charge in [0.2, 0.25) is 0 Å². The fraction of sp³-hybridized carbons (Fsp3) is 0.474. The van der Waals surface area contributed by atoms with Gasteiger partial charge in [0, 0.05) is 38.0 Å². The van der Waals surface area contributed by atoms with Crippen molar-refractivity contribution in [1.29, 1.82) is 0 Å². The molecule has 0 aliphatic carbocycles. The van der Waals surface area contributed by atoms with Crippen LogP contribution in [0, 0.1) is 0 Å². The Morgan fingerprint density at radius 3 is 3.16 bits per heavy atom. The molecule has 3 heterocycles. The first-order valence-corrected chi connectivity index (χ1v) is 8.94. The van der Waals surface area contributed by atoms with Gasteiger partial charge >= 0.3 is 0 Å². The number of nitrogens with zero attached hydrogens (tertiary/aromatic N) is 2. The van der Waals surface area contributed by atoms with Gasteiger partial charge in [-0.25, -0.2) is 4.98 Å². The van der Waals surface area contributed by atoms with E-state index in [0.29, 0.717) is 17.9 Å². The summed E-state index contributed by atoms with van der Waals surface area (Å²) < 4.78 is 13.6. The molecule has 1 saturated heterocycles. The highest BCUT2D eigenvalue weighted by molar-refractivity contribution is 5.97. The second-order valence-electron chi connectivity index (χ2n) is 6.65. The number of fused-ring (bicyclic) bond motifs is 1. The maximum atomic E-state index is 12.7. The number of hydrogen-bond acceptors (Lipinski definition) is 4. The summed E-state index contributed by atoms with van der Waals surface area (Å²) in [7, 11) is 0. The third-order valence-electron chi connectivity index (χ3n) is 4.85. The number of hydrogen-bond donors (Lipinski definition) is 1. The van der Waals surface area contributed by atoms with Crippen molar-refractivity contribution >= 4 is 5.91 Å². The smallest absolute Gasteiger partial charge is 0.255 e. The van der Waals surface area contributed by atoms with E-state index < -0.39 is 0 Å². The topological polar surface area (TPSA) is 65.4 Å². The predicted molar refractivity (Wildman–Crippen MR) is 92.7 cm³/mol. The van der Waals surface area contributed by atoms with Crippen molar-refractivity contribution in [3.8, 4) is 5.75 Å². The minimum atomic E-state index is -0.0866. The number of ether oxygens (including phenoxy) is 2. The van der Waals surface area contributed by atoms with E-state index in [0.717, 1.165) is 44.7 Å². The Balaban J connectivity index is 1.40. The van der Waals surface area contributed by atoms with Crippen molar-refractivity contribution in [2.75, 3.05) is 13.2 Å². The number of rotatable bonds is 5. The number of benzene rings is 1. The van der Waals surface area contributed by atoms with Crippen LogP contribution in [0.1, 0.15) is 35.4 Å². The summed E-state index contributed by atoms with van der Waals surface area (Å²) >= 11 is 0. The fourth-order valence-corrected chi connectivity index (χ4v) is 3.49. The summed E-state index contributed by atoms with van der Waals surface area (Å²) in [5.74, 6) is 1.62. The van der Waals surface area contributed by atoms with Crippen molar-refractivity contribution in [3.05, 3.63) is 48.0 Å². The largest absolute Gasteiger partial charge is 0.490 e. The minimum absolute atomic E-state index is 0.0866. The number of imidazole rings is 1. The lowest BCUT2D eigenvalue weighted by Gasteiger charge is -2.25. The third kappa shape index (κ3) is 3.69. The Bertz CT molecular complexity index is 737. The molecule has 2 atom stereocenters. The average Bonchev–Trinajstić information content (AvgIpc) is 3.31. The quantitative estimate of drug-likeness (QED) is 0.905. The van der Waals surface area contributed by atoms with E-state index >= 15 is 0 Å². The molecule has 6 nitrogen and oxygen atoms in total. The summed E-state index contributed by atoms with van der Waals surface area (Å²) in [6, 6.07) is 7.52. The number of aromatic nitrogens is 2. The van der Waals surface area contributed by atoms with E-state index in [1.54, 1.807) is 0 Å².